The summed E-state index contributed by atoms with van der Waals surface area (Å²) in [6.45, 7) is 9.33. The second-order valence-electron chi connectivity index (χ2n) is 11.6. The van der Waals surface area contributed by atoms with Crippen LogP contribution in [0.4, 0.5) is 0 Å². The first-order valence-electron chi connectivity index (χ1n) is 13.3. The number of aromatic nitrogens is 3. The number of imidazole rings is 1. The first-order valence-corrected chi connectivity index (χ1v) is 13.3. The summed E-state index contributed by atoms with van der Waals surface area (Å²) in [6.07, 6.45) is 8.42. The predicted molar refractivity (Wildman–Crippen MR) is 140 cm³/mol. The van der Waals surface area contributed by atoms with Gasteiger partial charge in [-0.25, -0.2) is 9.50 Å². The Hall–Kier alpha value is -2.93. The zero-order valence-corrected chi connectivity index (χ0v) is 21.7. The summed E-state index contributed by atoms with van der Waals surface area (Å²) in [6, 6.07) is 12.3. The number of nitrogens with zero attached hydrogens (tertiary/aromatic N) is 4. The summed E-state index contributed by atoms with van der Waals surface area (Å²) in [5.74, 6) is 0.818. The quantitative estimate of drug-likeness (QED) is 0.479. The number of ether oxygens (including phenoxy) is 1. The van der Waals surface area contributed by atoms with Gasteiger partial charge in [-0.3, -0.25) is 9.69 Å². The minimum absolute atomic E-state index is 0.216. The molecule has 3 aromatic rings. The zero-order chi connectivity index (χ0) is 25.3. The third-order valence-corrected chi connectivity index (χ3v) is 8.04. The molecule has 36 heavy (non-hydrogen) atoms. The van der Waals surface area contributed by atoms with Gasteiger partial charge in [-0.1, -0.05) is 20.8 Å². The Morgan fingerprint density at radius 2 is 1.69 bits per heavy atom. The molecule has 2 aliphatic rings. The van der Waals surface area contributed by atoms with Crippen LogP contribution in [-0.4, -0.2) is 49.8 Å². The Bertz CT molecular complexity index is 1180. The first-order chi connectivity index (χ1) is 17.2. The molecule has 1 saturated carbocycles. The second-order valence-corrected chi connectivity index (χ2v) is 11.6. The molecule has 0 amide bonds. The zero-order valence-electron chi connectivity index (χ0n) is 21.7. The fourth-order valence-electron chi connectivity index (χ4n) is 5.67. The Morgan fingerprint density at radius 1 is 1.00 bits per heavy atom. The number of benzene rings is 1. The molecular formula is C29H38N4O3. The SMILES string of the molecule is CC(C)(C)C1CCC(Oc2ccc(-c3ccc4nc(CN5CCC(C(=O)O)CC5)cn4n3)cc2)CC1. The molecule has 0 atom stereocenters. The highest BCUT2D eigenvalue weighted by Crippen LogP contribution is 2.38. The summed E-state index contributed by atoms with van der Waals surface area (Å²) < 4.78 is 8.14. The maximum absolute atomic E-state index is 11.2. The maximum atomic E-state index is 11.2. The Labute approximate surface area is 213 Å². The lowest BCUT2D eigenvalue weighted by atomic mass is 9.72. The van der Waals surface area contributed by atoms with Crippen molar-refractivity contribution in [3.63, 3.8) is 0 Å². The van der Waals surface area contributed by atoms with Crippen molar-refractivity contribution in [3.8, 4) is 17.0 Å². The van der Waals surface area contributed by atoms with Crippen LogP contribution >= 0.6 is 0 Å². The first kappa shape index (κ1) is 24.8. The number of hydrogen-bond acceptors (Lipinski definition) is 5. The van der Waals surface area contributed by atoms with Gasteiger partial charge in [-0.2, -0.15) is 5.10 Å². The van der Waals surface area contributed by atoms with Gasteiger partial charge in [0.05, 0.1) is 29.6 Å². The van der Waals surface area contributed by atoms with Crippen molar-refractivity contribution < 1.29 is 14.6 Å². The average molecular weight is 491 g/mol. The van der Waals surface area contributed by atoms with Gasteiger partial charge in [0.1, 0.15) is 5.75 Å². The van der Waals surface area contributed by atoms with Crippen LogP contribution in [-0.2, 0) is 11.3 Å². The lowest BCUT2D eigenvalue weighted by molar-refractivity contribution is -0.143. The van der Waals surface area contributed by atoms with Crippen LogP contribution in [0.5, 0.6) is 5.75 Å². The molecule has 5 rings (SSSR count). The molecule has 1 aromatic carbocycles. The molecule has 0 bridgehead atoms. The predicted octanol–water partition coefficient (Wildman–Crippen LogP) is 5.68. The average Bonchev–Trinajstić information content (AvgIpc) is 3.26. The van der Waals surface area contributed by atoms with Crippen LogP contribution in [0.25, 0.3) is 16.9 Å². The van der Waals surface area contributed by atoms with Crippen molar-refractivity contribution in [2.75, 3.05) is 13.1 Å². The monoisotopic (exact) mass is 490 g/mol. The molecule has 3 heterocycles. The van der Waals surface area contributed by atoms with Crippen molar-refractivity contribution in [1.82, 2.24) is 19.5 Å². The largest absolute Gasteiger partial charge is 0.490 e. The summed E-state index contributed by atoms with van der Waals surface area (Å²) >= 11 is 0. The smallest absolute Gasteiger partial charge is 0.306 e. The molecule has 1 aliphatic heterocycles. The molecule has 0 unspecified atom stereocenters. The third-order valence-electron chi connectivity index (χ3n) is 8.04. The van der Waals surface area contributed by atoms with Crippen molar-refractivity contribution in [3.05, 3.63) is 48.3 Å². The standard InChI is InChI=1S/C29H38N4O3/c1-29(2,3)22-6-10-25(11-7-22)36-24-8-4-20(5-9-24)26-12-13-27-30-23(19-33(27)31-26)18-32-16-14-21(15-17-32)28(34)35/h4-5,8-9,12-13,19,21-22,25H,6-7,10-11,14-18H2,1-3H3,(H,34,35). The van der Waals surface area contributed by atoms with E-state index in [0.717, 1.165) is 60.2 Å². The van der Waals surface area contributed by atoms with Gasteiger partial charge in [0.25, 0.3) is 0 Å². The normalized spacial score (nSPS) is 22.1. The van der Waals surface area contributed by atoms with Gasteiger partial charge in [0.2, 0.25) is 0 Å². The number of rotatable bonds is 6. The number of aliphatic carboxylic acids is 1. The fourth-order valence-corrected chi connectivity index (χ4v) is 5.67. The molecule has 2 aromatic heterocycles. The van der Waals surface area contributed by atoms with E-state index in [2.05, 4.69) is 49.9 Å². The summed E-state index contributed by atoms with van der Waals surface area (Å²) in [4.78, 5) is 18.2. The van der Waals surface area contributed by atoms with E-state index in [1.54, 1.807) is 0 Å². The summed E-state index contributed by atoms with van der Waals surface area (Å²) in [5, 5.41) is 14.0. The number of fused-ring (bicyclic) bond motifs is 1. The van der Waals surface area contributed by atoms with Crippen LogP contribution in [0.2, 0.25) is 0 Å². The number of likely N-dealkylation sites (tertiary alicyclic amines) is 1. The van der Waals surface area contributed by atoms with Crippen molar-refractivity contribution in [2.24, 2.45) is 17.3 Å². The molecule has 0 spiro atoms. The van der Waals surface area contributed by atoms with E-state index < -0.39 is 5.97 Å². The van der Waals surface area contributed by atoms with Crippen LogP contribution in [0.1, 0.15) is 65.0 Å². The van der Waals surface area contributed by atoms with E-state index in [4.69, 9.17) is 14.8 Å². The number of carbonyl (C=O) groups is 1. The van der Waals surface area contributed by atoms with E-state index in [1.807, 2.05) is 22.8 Å². The van der Waals surface area contributed by atoms with Crippen molar-refractivity contribution in [2.45, 2.75) is 71.9 Å². The highest BCUT2D eigenvalue weighted by molar-refractivity contribution is 5.70. The van der Waals surface area contributed by atoms with Gasteiger partial charge < -0.3 is 9.84 Å². The fraction of sp³-hybridized carbons (Fsp3) is 0.552. The summed E-state index contributed by atoms with van der Waals surface area (Å²) in [5.41, 5.74) is 4.10. The third kappa shape index (κ3) is 5.72. The van der Waals surface area contributed by atoms with Crippen LogP contribution in [0.3, 0.4) is 0 Å². The van der Waals surface area contributed by atoms with Gasteiger partial charge >= 0.3 is 5.97 Å². The van der Waals surface area contributed by atoms with Gasteiger partial charge in [0, 0.05) is 12.1 Å². The molecule has 7 heteroatoms. The van der Waals surface area contributed by atoms with E-state index in [-0.39, 0.29) is 5.92 Å². The number of piperidine rings is 1. The topological polar surface area (TPSA) is 80.0 Å². The minimum Gasteiger partial charge on any atom is -0.490 e. The molecule has 1 aliphatic carbocycles. The highest BCUT2D eigenvalue weighted by atomic mass is 16.5. The van der Waals surface area contributed by atoms with E-state index >= 15 is 0 Å². The molecule has 1 N–H and O–H groups in total. The molecule has 192 valence electrons. The molecular weight excluding hydrogens is 452 g/mol. The van der Waals surface area contributed by atoms with Gasteiger partial charge in [0.15, 0.2) is 5.65 Å². The van der Waals surface area contributed by atoms with E-state index in [0.29, 0.717) is 30.9 Å². The Balaban J connectivity index is 1.19. The lowest BCUT2D eigenvalue weighted by Gasteiger charge is -2.36. The second kappa shape index (κ2) is 10.2. The van der Waals surface area contributed by atoms with E-state index in [1.165, 1.54) is 12.8 Å². The number of carboxylic acid groups (broad SMARTS) is 1. The highest BCUT2D eigenvalue weighted by Gasteiger charge is 2.30. The van der Waals surface area contributed by atoms with Crippen molar-refractivity contribution >= 4 is 11.6 Å². The molecule has 0 radical (unpaired) electrons. The van der Waals surface area contributed by atoms with Crippen LogP contribution in [0.15, 0.2) is 42.6 Å². The molecule has 7 nitrogen and oxygen atoms in total. The Kier molecular flexibility index (Phi) is 7.02. The van der Waals surface area contributed by atoms with Crippen LogP contribution < -0.4 is 4.74 Å². The van der Waals surface area contributed by atoms with Gasteiger partial charge in [-0.05, 0) is 99.3 Å². The maximum Gasteiger partial charge on any atom is 0.306 e. The lowest BCUT2D eigenvalue weighted by Crippen LogP contribution is -2.35. The molecule has 1 saturated heterocycles. The molecule has 2 fully saturated rings. The summed E-state index contributed by atoms with van der Waals surface area (Å²) in [7, 11) is 0. The van der Waals surface area contributed by atoms with Crippen molar-refractivity contribution in [1.29, 1.82) is 0 Å². The number of hydrogen-bond donors (Lipinski definition) is 1. The Morgan fingerprint density at radius 3 is 2.33 bits per heavy atom. The van der Waals surface area contributed by atoms with Crippen LogP contribution in [0, 0.1) is 17.3 Å². The minimum atomic E-state index is -0.679. The van der Waals surface area contributed by atoms with E-state index in [9.17, 15) is 9.90 Å². The van der Waals surface area contributed by atoms with Gasteiger partial charge in [-0.15, -0.1) is 0 Å². The number of carboxylic acids is 1.